The van der Waals surface area contributed by atoms with Gasteiger partial charge in [0.25, 0.3) is 0 Å². The first-order valence-electron chi connectivity index (χ1n) is 11.1. The number of Topliss-reactive ketones (excluding diaryl/α,β-unsaturated/α-hetero) is 2. The summed E-state index contributed by atoms with van der Waals surface area (Å²) < 4.78 is 0. The third-order valence-corrected chi connectivity index (χ3v) is 7.33. The lowest BCUT2D eigenvalue weighted by atomic mass is 9.72. The van der Waals surface area contributed by atoms with Crippen molar-refractivity contribution < 1.29 is 14.7 Å². The minimum atomic E-state index is -1.41. The molecule has 1 fully saturated rings. The summed E-state index contributed by atoms with van der Waals surface area (Å²) in [5, 5.41) is 10.3. The molecule has 0 aromatic heterocycles. The van der Waals surface area contributed by atoms with Gasteiger partial charge in [0, 0.05) is 5.41 Å². The van der Waals surface area contributed by atoms with Gasteiger partial charge >= 0.3 is 0 Å². The van der Waals surface area contributed by atoms with Gasteiger partial charge in [0.1, 0.15) is 11.4 Å². The molecule has 166 valence electrons. The molecule has 0 heterocycles. The van der Waals surface area contributed by atoms with Crippen molar-refractivity contribution in [2.45, 2.75) is 67.4 Å². The number of rotatable bonds is 4. The van der Waals surface area contributed by atoms with E-state index in [1.807, 2.05) is 50.3 Å². The molecule has 0 aromatic carbocycles. The maximum atomic E-state index is 12.9. The second kappa shape index (κ2) is 7.13. The van der Waals surface area contributed by atoms with Crippen molar-refractivity contribution in [1.82, 2.24) is 0 Å². The van der Waals surface area contributed by atoms with Gasteiger partial charge in [-0.25, -0.2) is 0 Å². The first-order valence-corrected chi connectivity index (χ1v) is 11.1. The molecule has 3 aliphatic carbocycles. The van der Waals surface area contributed by atoms with E-state index < -0.39 is 16.4 Å². The van der Waals surface area contributed by atoms with Crippen molar-refractivity contribution in [3.8, 4) is 0 Å². The second-order valence-corrected chi connectivity index (χ2v) is 11.2. The van der Waals surface area contributed by atoms with Gasteiger partial charge in [-0.05, 0) is 63.2 Å². The third kappa shape index (κ3) is 3.89. The summed E-state index contributed by atoms with van der Waals surface area (Å²) >= 11 is 0. The zero-order valence-electron chi connectivity index (χ0n) is 20.2. The Morgan fingerprint density at radius 3 is 2.06 bits per heavy atom. The Morgan fingerprint density at radius 2 is 1.48 bits per heavy atom. The average molecular weight is 421 g/mol. The maximum Gasteiger partial charge on any atom is 0.177 e. The molecule has 0 spiro atoms. The molecule has 3 rings (SSSR count). The number of ketones is 2. The number of hydrogen-bond donors (Lipinski definition) is 1. The van der Waals surface area contributed by atoms with Crippen LogP contribution in [0.2, 0.25) is 0 Å². The van der Waals surface area contributed by atoms with E-state index in [0.717, 1.165) is 12.0 Å². The molecular formula is C28H36O3. The third-order valence-electron chi connectivity index (χ3n) is 7.33. The van der Waals surface area contributed by atoms with Crippen LogP contribution in [0.15, 0.2) is 71.4 Å². The van der Waals surface area contributed by atoms with Gasteiger partial charge in [0.15, 0.2) is 5.78 Å². The predicted molar refractivity (Wildman–Crippen MR) is 126 cm³/mol. The van der Waals surface area contributed by atoms with Crippen LogP contribution in [0.1, 0.15) is 61.8 Å². The van der Waals surface area contributed by atoms with Crippen LogP contribution in [0.4, 0.5) is 0 Å². The molecule has 0 aliphatic heterocycles. The normalized spacial score (nSPS) is 34.3. The molecule has 3 atom stereocenters. The molecule has 0 bridgehead atoms. The summed E-state index contributed by atoms with van der Waals surface area (Å²) in [6.45, 7) is 15.3. The van der Waals surface area contributed by atoms with E-state index in [1.165, 1.54) is 25.0 Å². The summed E-state index contributed by atoms with van der Waals surface area (Å²) in [5.41, 5.74) is 0.245. The molecule has 1 saturated carbocycles. The van der Waals surface area contributed by atoms with Gasteiger partial charge < -0.3 is 5.11 Å². The fraction of sp³-hybridized carbons (Fsp3) is 0.500. The zero-order chi connectivity index (χ0) is 23.5. The Kier molecular flexibility index (Phi) is 5.38. The number of carbonyl (C=O) groups excluding carboxylic acids is 2. The average Bonchev–Trinajstić information content (AvgIpc) is 2.86. The lowest BCUT2D eigenvalue weighted by molar-refractivity contribution is -0.139. The number of carbonyl (C=O) groups is 2. The molecular weight excluding hydrogens is 384 g/mol. The number of hydrogen-bond acceptors (Lipinski definition) is 3. The summed E-state index contributed by atoms with van der Waals surface area (Å²) in [6, 6.07) is 0. The SMILES string of the molecule is CC(=O)C1(C)C=CC=C2C(=C1)C(C)(C1=CC=CC(C)(C(=O)C(C)(C)O)C=C1)CC2(C)C. The Bertz CT molecular complexity index is 1010. The summed E-state index contributed by atoms with van der Waals surface area (Å²) in [6.07, 6.45) is 19.0. The van der Waals surface area contributed by atoms with Crippen molar-refractivity contribution in [2.75, 3.05) is 0 Å². The van der Waals surface area contributed by atoms with E-state index in [0.29, 0.717) is 0 Å². The molecule has 0 aromatic rings. The van der Waals surface area contributed by atoms with Crippen LogP contribution >= 0.6 is 0 Å². The molecule has 3 nitrogen and oxygen atoms in total. The van der Waals surface area contributed by atoms with Crippen molar-refractivity contribution in [3.05, 3.63) is 71.4 Å². The van der Waals surface area contributed by atoms with Crippen LogP contribution in [-0.2, 0) is 9.59 Å². The molecule has 0 saturated heterocycles. The minimum absolute atomic E-state index is 0.0517. The van der Waals surface area contributed by atoms with Crippen molar-refractivity contribution in [3.63, 3.8) is 0 Å². The Labute approximate surface area is 187 Å². The molecule has 0 amide bonds. The van der Waals surface area contributed by atoms with E-state index in [-0.39, 0.29) is 22.4 Å². The maximum absolute atomic E-state index is 12.9. The van der Waals surface area contributed by atoms with Crippen molar-refractivity contribution >= 4 is 11.6 Å². The number of aliphatic hydroxyl groups is 1. The van der Waals surface area contributed by atoms with Crippen LogP contribution in [0, 0.1) is 21.7 Å². The smallest absolute Gasteiger partial charge is 0.177 e. The van der Waals surface area contributed by atoms with Crippen LogP contribution < -0.4 is 0 Å². The Hall–Kier alpha value is -2.26. The standard InChI is InChI=1S/C28H36O3/c1-19(29)27(7)15-10-12-21-22(17-27)28(8,18-24(21,2)3)20-11-9-14-26(6,16-13-20)23(30)25(4,5)31/h9-17,31H,18H2,1-8H3. The lowest BCUT2D eigenvalue weighted by Crippen LogP contribution is -2.41. The van der Waals surface area contributed by atoms with Gasteiger partial charge in [0.2, 0.25) is 0 Å². The first kappa shape index (κ1) is 23.4. The highest BCUT2D eigenvalue weighted by Crippen LogP contribution is 2.61. The highest BCUT2D eigenvalue weighted by Gasteiger charge is 2.50. The van der Waals surface area contributed by atoms with Crippen molar-refractivity contribution in [2.24, 2.45) is 21.7 Å². The van der Waals surface area contributed by atoms with Gasteiger partial charge in [-0.2, -0.15) is 0 Å². The van der Waals surface area contributed by atoms with E-state index in [4.69, 9.17) is 0 Å². The fourth-order valence-corrected chi connectivity index (χ4v) is 5.36. The fourth-order valence-electron chi connectivity index (χ4n) is 5.36. The highest BCUT2D eigenvalue weighted by molar-refractivity contribution is 5.95. The largest absolute Gasteiger partial charge is 0.383 e. The summed E-state index contributed by atoms with van der Waals surface area (Å²) in [4.78, 5) is 25.4. The van der Waals surface area contributed by atoms with Crippen LogP contribution in [0.5, 0.6) is 0 Å². The Balaban J connectivity index is 2.12. The zero-order valence-corrected chi connectivity index (χ0v) is 20.2. The van der Waals surface area contributed by atoms with Gasteiger partial charge in [0.05, 0.1) is 10.8 Å². The van der Waals surface area contributed by atoms with Crippen LogP contribution in [0.25, 0.3) is 0 Å². The predicted octanol–water partition coefficient (Wildman–Crippen LogP) is 5.84. The van der Waals surface area contributed by atoms with Crippen molar-refractivity contribution in [1.29, 1.82) is 0 Å². The minimum Gasteiger partial charge on any atom is -0.383 e. The van der Waals surface area contributed by atoms with Gasteiger partial charge in [-0.3, -0.25) is 9.59 Å². The highest BCUT2D eigenvalue weighted by atomic mass is 16.3. The second-order valence-electron chi connectivity index (χ2n) is 11.2. The summed E-state index contributed by atoms with van der Waals surface area (Å²) in [5.74, 6) is -0.117. The monoisotopic (exact) mass is 420 g/mol. The van der Waals surface area contributed by atoms with E-state index in [2.05, 4.69) is 39.0 Å². The van der Waals surface area contributed by atoms with Crippen LogP contribution in [-0.4, -0.2) is 22.3 Å². The van der Waals surface area contributed by atoms with Gasteiger partial charge in [-0.15, -0.1) is 0 Å². The molecule has 3 unspecified atom stereocenters. The molecule has 3 aliphatic rings. The molecule has 0 radical (unpaired) electrons. The number of allylic oxidation sites excluding steroid dienone is 12. The first-order chi connectivity index (χ1) is 14.1. The molecule has 3 heteroatoms. The van der Waals surface area contributed by atoms with E-state index in [1.54, 1.807) is 6.92 Å². The topological polar surface area (TPSA) is 54.4 Å². The van der Waals surface area contributed by atoms with E-state index in [9.17, 15) is 14.7 Å². The Morgan fingerprint density at radius 1 is 0.903 bits per heavy atom. The van der Waals surface area contributed by atoms with E-state index >= 15 is 0 Å². The van der Waals surface area contributed by atoms with Gasteiger partial charge in [-0.1, -0.05) is 75.5 Å². The van der Waals surface area contributed by atoms with Crippen LogP contribution in [0.3, 0.4) is 0 Å². The number of fused-ring (bicyclic) bond motifs is 1. The summed E-state index contributed by atoms with van der Waals surface area (Å²) in [7, 11) is 0. The molecule has 1 N–H and O–H groups in total. The lowest BCUT2D eigenvalue weighted by Gasteiger charge is -2.31. The quantitative estimate of drug-likeness (QED) is 0.622. The molecule has 31 heavy (non-hydrogen) atoms.